The van der Waals surface area contributed by atoms with Gasteiger partial charge in [-0.05, 0) is 48.4 Å². The van der Waals surface area contributed by atoms with Gasteiger partial charge >= 0.3 is 0 Å². The lowest BCUT2D eigenvalue weighted by Crippen LogP contribution is -1.90. The van der Waals surface area contributed by atoms with Crippen LogP contribution in [0.2, 0.25) is 0 Å². The number of nitrogens with two attached hydrogens (primary N) is 1. The Morgan fingerprint density at radius 1 is 1.00 bits per heavy atom. The summed E-state index contributed by atoms with van der Waals surface area (Å²) in [6.45, 7) is 0. The Hall–Kier alpha value is -1.87. The van der Waals surface area contributed by atoms with E-state index in [4.69, 9.17) is 5.73 Å². The number of thioether (sulfide) groups is 1. The molecule has 102 valence electrons. The van der Waals surface area contributed by atoms with Crippen molar-refractivity contribution in [2.45, 2.75) is 17.9 Å². The molecule has 0 bridgehead atoms. The zero-order chi connectivity index (χ0) is 13.8. The average Bonchev–Trinajstić information content (AvgIpc) is 2.86. The molecule has 0 fully saturated rings. The minimum Gasteiger partial charge on any atom is -0.399 e. The second-order valence-corrected chi connectivity index (χ2v) is 6.05. The van der Waals surface area contributed by atoms with Gasteiger partial charge in [-0.2, -0.15) is 0 Å². The fourth-order valence-electron chi connectivity index (χ4n) is 2.33. The number of rotatable bonds is 5. The Morgan fingerprint density at radius 2 is 1.90 bits per heavy atom. The van der Waals surface area contributed by atoms with E-state index in [1.165, 1.54) is 21.5 Å². The van der Waals surface area contributed by atoms with Crippen molar-refractivity contribution in [2.75, 3.05) is 11.5 Å². The van der Waals surface area contributed by atoms with Crippen molar-refractivity contribution in [3.05, 3.63) is 60.2 Å². The fraction of sp³-hybridized carbons (Fsp3) is 0.176. The summed E-state index contributed by atoms with van der Waals surface area (Å²) in [5.41, 5.74) is 9.17. The lowest BCUT2D eigenvalue weighted by atomic mass is 10.1. The first-order valence-electron chi connectivity index (χ1n) is 6.86. The highest BCUT2D eigenvalue weighted by molar-refractivity contribution is 7.99. The van der Waals surface area contributed by atoms with E-state index in [0.717, 1.165) is 24.3 Å². The van der Waals surface area contributed by atoms with Crippen molar-refractivity contribution in [2.24, 2.45) is 0 Å². The maximum absolute atomic E-state index is 5.79. The van der Waals surface area contributed by atoms with E-state index >= 15 is 0 Å². The van der Waals surface area contributed by atoms with Crippen molar-refractivity contribution >= 4 is 28.4 Å². The highest BCUT2D eigenvalue weighted by Gasteiger charge is 2.01. The Morgan fingerprint density at radius 3 is 2.75 bits per heavy atom. The molecule has 0 aliphatic carbocycles. The zero-order valence-electron chi connectivity index (χ0n) is 11.3. The van der Waals surface area contributed by atoms with E-state index in [1.807, 2.05) is 23.9 Å². The number of H-pyrrole nitrogens is 1. The van der Waals surface area contributed by atoms with Crippen LogP contribution in [0.3, 0.4) is 0 Å². The largest absolute Gasteiger partial charge is 0.399 e. The summed E-state index contributed by atoms with van der Waals surface area (Å²) in [5.74, 6) is 1.11. The number of fused-ring (bicyclic) bond motifs is 1. The third-order valence-electron chi connectivity index (χ3n) is 3.32. The molecule has 3 rings (SSSR count). The van der Waals surface area contributed by atoms with E-state index in [-0.39, 0.29) is 0 Å². The molecule has 0 aliphatic heterocycles. The molecule has 20 heavy (non-hydrogen) atoms. The maximum Gasteiger partial charge on any atom is 0.0732 e. The molecule has 2 nitrogen and oxygen atoms in total. The van der Waals surface area contributed by atoms with Crippen LogP contribution >= 0.6 is 11.8 Å². The van der Waals surface area contributed by atoms with Gasteiger partial charge < -0.3 is 10.7 Å². The predicted octanol–water partition coefficient (Wildman–Crippen LogP) is 4.48. The van der Waals surface area contributed by atoms with Crippen molar-refractivity contribution in [1.29, 1.82) is 0 Å². The van der Waals surface area contributed by atoms with Gasteiger partial charge in [0.2, 0.25) is 0 Å². The van der Waals surface area contributed by atoms with Crippen LogP contribution in [-0.4, -0.2) is 10.7 Å². The molecule has 0 unspecified atom stereocenters. The smallest absolute Gasteiger partial charge is 0.0732 e. The molecule has 3 N–H and O–H groups in total. The maximum atomic E-state index is 5.79. The molecular formula is C17H18N2S. The standard InChI is InChI=1S/C17H18N2S/c18-15-8-3-5-13(11-15)6-4-10-20-17-12-14-7-1-2-9-16(14)19-17/h1-3,5,7-9,11-12,19H,4,6,10,18H2. The zero-order valence-corrected chi connectivity index (χ0v) is 12.1. The van der Waals surface area contributed by atoms with Gasteiger partial charge in [0.1, 0.15) is 0 Å². The van der Waals surface area contributed by atoms with E-state index in [2.05, 4.69) is 47.4 Å². The first-order chi connectivity index (χ1) is 9.81. The highest BCUT2D eigenvalue weighted by atomic mass is 32.2. The fourth-order valence-corrected chi connectivity index (χ4v) is 3.23. The summed E-state index contributed by atoms with van der Waals surface area (Å²) < 4.78 is 0. The summed E-state index contributed by atoms with van der Waals surface area (Å²) in [7, 11) is 0. The number of para-hydroxylation sites is 1. The first-order valence-corrected chi connectivity index (χ1v) is 7.85. The highest BCUT2D eigenvalue weighted by Crippen LogP contribution is 2.24. The third-order valence-corrected chi connectivity index (χ3v) is 4.35. The van der Waals surface area contributed by atoms with Crippen LogP contribution in [0.25, 0.3) is 10.9 Å². The van der Waals surface area contributed by atoms with Crippen LogP contribution in [0.4, 0.5) is 5.69 Å². The number of hydrogen-bond donors (Lipinski definition) is 2. The van der Waals surface area contributed by atoms with Gasteiger partial charge in [0.25, 0.3) is 0 Å². The molecule has 0 radical (unpaired) electrons. The van der Waals surface area contributed by atoms with Gasteiger partial charge in [0.15, 0.2) is 0 Å². The van der Waals surface area contributed by atoms with Gasteiger partial charge in [0, 0.05) is 16.6 Å². The van der Waals surface area contributed by atoms with Crippen LogP contribution in [0.1, 0.15) is 12.0 Å². The molecular weight excluding hydrogens is 264 g/mol. The molecule has 3 aromatic rings. The number of anilines is 1. The summed E-state index contributed by atoms with van der Waals surface area (Å²) in [6.07, 6.45) is 2.24. The molecule has 1 aromatic heterocycles. The van der Waals surface area contributed by atoms with Crippen LogP contribution in [-0.2, 0) is 6.42 Å². The van der Waals surface area contributed by atoms with E-state index in [9.17, 15) is 0 Å². The van der Waals surface area contributed by atoms with Gasteiger partial charge in [-0.25, -0.2) is 0 Å². The predicted molar refractivity (Wildman–Crippen MR) is 88.2 cm³/mol. The van der Waals surface area contributed by atoms with E-state index < -0.39 is 0 Å². The third kappa shape index (κ3) is 3.17. The summed E-state index contributed by atoms with van der Waals surface area (Å²) in [6, 6.07) is 18.8. The first kappa shape index (κ1) is 13.1. The lowest BCUT2D eigenvalue weighted by molar-refractivity contribution is 0.932. The number of hydrogen-bond acceptors (Lipinski definition) is 2. The molecule has 0 amide bonds. The average molecular weight is 282 g/mol. The Bertz CT molecular complexity index is 670. The summed E-state index contributed by atoms with van der Waals surface area (Å²) >= 11 is 1.88. The van der Waals surface area contributed by atoms with Crippen LogP contribution in [0.5, 0.6) is 0 Å². The number of benzene rings is 2. The van der Waals surface area contributed by atoms with Gasteiger partial charge in [-0.3, -0.25) is 0 Å². The number of nitrogens with one attached hydrogen (secondary N) is 1. The quantitative estimate of drug-likeness (QED) is 0.412. The van der Waals surface area contributed by atoms with E-state index in [0.29, 0.717) is 0 Å². The number of aromatic amines is 1. The molecule has 0 atom stereocenters. The van der Waals surface area contributed by atoms with Gasteiger partial charge in [-0.1, -0.05) is 30.3 Å². The number of aryl methyl sites for hydroxylation is 1. The lowest BCUT2D eigenvalue weighted by Gasteiger charge is -2.02. The van der Waals surface area contributed by atoms with Crippen molar-refractivity contribution < 1.29 is 0 Å². The molecule has 1 heterocycles. The van der Waals surface area contributed by atoms with Crippen LogP contribution in [0, 0.1) is 0 Å². The topological polar surface area (TPSA) is 41.8 Å². The molecule has 3 heteroatoms. The van der Waals surface area contributed by atoms with Crippen LogP contribution in [0.15, 0.2) is 59.6 Å². The monoisotopic (exact) mass is 282 g/mol. The second-order valence-electron chi connectivity index (χ2n) is 4.92. The molecule has 0 aliphatic rings. The normalized spacial score (nSPS) is 11.0. The van der Waals surface area contributed by atoms with Crippen LogP contribution < -0.4 is 5.73 Å². The van der Waals surface area contributed by atoms with Gasteiger partial charge in [-0.15, -0.1) is 11.8 Å². The molecule has 0 saturated carbocycles. The Labute approximate surface area is 123 Å². The Kier molecular flexibility index (Phi) is 3.97. The Balaban J connectivity index is 1.52. The summed E-state index contributed by atoms with van der Waals surface area (Å²) in [4.78, 5) is 3.45. The number of nitrogen functional groups attached to an aromatic ring is 1. The number of aromatic nitrogens is 1. The van der Waals surface area contributed by atoms with Crippen molar-refractivity contribution in [1.82, 2.24) is 4.98 Å². The second kappa shape index (κ2) is 6.06. The molecule has 2 aromatic carbocycles. The van der Waals surface area contributed by atoms with E-state index in [1.54, 1.807) is 0 Å². The minimum absolute atomic E-state index is 0.853. The summed E-state index contributed by atoms with van der Waals surface area (Å²) in [5, 5.41) is 2.53. The minimum atomic E-state index is 0.853. The SMILES string of the molecule is Nc1cccc(CCCSc2cc3ccccc3[nH]2)c1. The molecule has 0 spiro atoms. The van der Waals surface area contributed by atoms with Crippen molar-refractivity contribution in [3.63, 3.8) is 0 Å². The van der Waals surface area contributed by atoms with Gasteiger partial charge in [0.05, 0.1) is 5.03 Å². The molecule has 0 saturated heterocycles. The van der Waals surface area contributed by atoms with Crippen molar-refractivity contribution in [3.8, 4) is 0 Å².